The lowest BCUT2D eigenvalue weighted by molar-refractivity contribution is -0.136. The third kappa shape index (κ3) is 3.17. The van der Waals surface area contributed by atoms with E-state index in [2.05, 4.69) is 27.6 Å². The summed E-state index contributed by atoms with van der Waals surface area (Å²) in [4.78, 5) is 42.6. The second-order valence-electron chi connectivity index (χ2n) is 4.08. The first-order valence-electron chi connectivity index (χ1n) is 5.56. The number of hydrogen-bond donors (Lipinski definition) is 4. The molecule has 9 heteroatoms. The zero-order chi connectivity index (χ0) is 14.9. The molecule has 2 aromatic heterocycles. The van der Waals surface area contributed by atoms with Crippen molar-refractivity contribution in [2.75, 3.05) is 0 Å². The van der Waals surface area contributed by atoms with Crippen molar-refractivity contribution in [3.63, 3.8) is 0 Å². The van der Waals surface area contributed by atoms with Crippen molar-refractivity contribution >= 4 is 29.9 Å². The van der Waals surface area contributed by atoms with Crippen LogP contribution in [-0.4, -0.2) is 26.0 Å². The van der Waals surface area contributed by atoms with Gasteiger partial charge in [0.1, 0.15) is 5.01 Å². The van der Waals surface area contributed by atoms with Gasteiger partial charge < -0.3 is 10.1 Å². The van der Waals surface area contributed by atoms with Gasteiger partial charge in [-0.25, -0.2) is 9.78 Å². The Balaban J connectivity index is 2.38. The Hall–Kier alpha value is -1.87. The molecule has 0 saturated heterocycles. The fourth-order valence-electron chi connectivity index (χ4n) is 1.64. The van der Waals surface area contributed by atoms with Crippen molar-refractivity contribution in [3.8, 4) is 0 Å². The van der Waals surface area contributed by atoms with E-state index in [1.54, 1.807) is 6.92 Å². The summed E-state index contributed by atoms with van der Waals surface area (Å²) < 4.78 is 0. The van der Waals surface area contributed by atoms with E-state index < -0.39 is 22.5 Å². The van der Waals surface area contributed by atoms with E-state index in [0.29, 0.717) is 21.3 Å². The van der Waals surface area contributed by atoms with E-state index in [0.717, 1.165) is 0 Å². The van der Waals surface area contributed by atoms with Crippen LogP contribution in [0.15, 0.2) is 15.7 Å². The van der Waals surface area contributed by atoms with Crippen molar-refractivity contribution < 1.29 is 9.90 Å². The van der Waals surface area contributed by atoms with Gasteiger partial charge >= 0.3 is 11.7 Å². The third-order valence-corrected chi connectivity index (χ3v) is 4.45. The van der Waals surface area contributed by atoms with Gasteiger partial charge in [0.15, 0.2) is 0 Å². The zero-order valence-electron chi connectivity index (χ0n) is 10.3. The molecule has 7 nitrogen and oxygen atoms in total. The summed E-state index contributed by atoms with van der Waals surface area (Å²) in [6.07, 6.45) is -0.115. The van der Waals surface area contributed by atoms with E-state index in [9.17, 15) is 14.4 Å². The van der Waals surface area contributed by atoms with Crippen molar-refractivity contribution in [2.24, 2.45) is 0 Å². The molecule has 106 valence electrons. The molecule has 0 aliphatic heterocycles. The normalized spacial score (nSPS) is 12.3. The van der Waals surface area contributed by atoms with E-state index in [4.69, 9.17) is 5.11 Å². The van der Waals surface area contributed by atoms with Crippen LogP contribution in [0.4, 0.5) is 0 Å². The number of rotatable bonds is 4. The minimum Gasteiger partial charge on any atom is -0.481 e. The van der Waals surface area contributed by atoms with Gasteiger partial charge in [-0.15, -0.1) is 11.3 Å². The van der Waals surface area contributed by atoms with Crippen LogP contribution in [0.25, 0.3) is 0 Å². The van der Waals surface area contributed by atoms with Crippen LogP contribution in [0.5, 0.6) is 0 Å². The van der Waals surface area contributed by atoms with E-state index in [1.165, 1.54) is 17.4 Å². The standard InChI is InChI=1S/C11H11N3O4S2/c1-4-6(3-8(16)17)20-10(12-4)9(19)5-2-7(15)14-11(18)13-5/h2,9,19H,3H2,1H3,(H,16,17)(H2,13,14,15,18). The number of thiol groups is 1. The van der Waals surface area contributed by atoms with E-state index >= 15 is 0 Å². The molecule has 0 aliphatic rings. The maximum Gasteiger partial charge on any atom is 0.325 e. The highest BCUT2D eigenvalue weighted by Gasteiger charge is 2.18. The quantitative estimate of drug-likeness (QED) is 0.613. The van der Waals surface area contributed by atoms with Gasteiger partial charge in [0.05, 0.1) is 17.4 Å². The number of nitrogens with one attached hydrogen (secondary N) is 2. The second kappa shape index (κ2) is 5.63. The Morgan fingerprint density at radius 2 is 2.20 bits per heavy atom. The van der Waals surface area contributed by atoms with Crippen LogP contribution in [0.2, 0.25) is 0 Å². The molecular formula is C11H11N3O4S2. The molecule has 2 heterocycles. The Kier molecular flexibility index (Phi) is 4.09. The highest BCUT2D eigenvalue weighted by atomic mass is 32.1. The summed E-state index contributed by atoms with van der Waals surface area (Å²) in [6.45, 7) is 1.71. The number of carboxylic acid groups (broad SMARTS) is 1. The Labute approximate surface area is 122 Å². The molecular weight excluding hydrogens is 302 g/mol. The second-order valence-corrected chi connectivity index (χ2v) is 5.71. The first-order valence-corrected chi connectivity index (χ1v) is 6.89. The zero-order valence-corrected chi connectivity index (χ0v) is 12.0. The lowest BCUT2D eigenvalue weighted by atomic mass is 10.3. The number of H-pyrrole nitrogens is 2. The molecule has 3 N–H and O–H groups in total. The van der Waals surface area contributed by atoms with Crippen LogP contribution < -0.4 is 11.2 Å². The number of aromatic amines is 2. The maximum atomic E-state index is 11.3. The molecule has 2 aromatic rings. The molecule has 0 spiro atoms. The van der Waals surface area contributed by atoms with Gasteiger partial charge in [-0.3, -0.25) is 14.6 Å². The summed E-state index contributed by atoms with van der Waals surface area (Å²) in [5.74, 6) is -0.941. The van der Waals surface area contributed by atoms with Gasteiger partial charge in [-0.05, 0) is 6.92 Å². The molecule has 20 heavy (non-hydrogen) atoms. The molecule has 1 atom stereocenters. The summed E-state index contributed by atoms with van der Waals surface area (Å²) in [6, 6.07) is 1.23. The van der Waals surface area contributed by atoms with Gasteiger partial charge in [0, 0.05) is 16.6 Å². The average Bonchev–Trinajstić information content (AvgIpc) is 2.68. The number of aromatic nitrogens is 3. The van der Waals surface area contributed by atoms with Crippen molar-refractivity contribution in [1.82, 2.24) is 15.0 Å². The molecule has 0 fully saturated rings. The predicted molar refractivity (Wildman–Crippen MR) is 76.7 cm³/mol. The summed E-state index contributed by atoms with van der Waals surface area (Å²) in [7, 11) is 0. The molecule has 2 rings (SSSR count). The number of thiazole rings is 1. The fraction of sp³-hybridized carbons (Fsp3) is 0.273. The summed E-state index contributed by atoms with van der Waals surface area (Å²) in [5.41, 5.74) is -0.219. The molecule has 0 aliphatic carbocycles. The van der Waals surface area contributed by atoms with Gasteiger partial charge in [-0.1, -0.05) is 0 Å². The Morgan fingerprint density at radius 3 is 2.80 bits per heavy atom. The minimum atomic E-state index is -0.941. The molecule has 0 amide bonds. The van der Waals surface area contributed by atoms with Gasteiger partial charge in [-0.2, -0.15) is 12.6 Å². The third-order valence-electron chi connectivity index (χ3n) is 2.53. The first-order chi connectivity index (χ1) is 9.36. The lowest BCUT2D eigenvalue weighted by Crippen LogP contribution is -2.23. The van der Waals surface area contributed by atoms with Crippen molar-refractivity contribution in [3.05, 3.63) is 48.2 Å². The lowest BCUT2D eigenvalue weighted by Gasteiger charge is -2.06. The van der Waals surface area contributed by atoms with E-state index in [1.807, 2.05) is 0 Å². The Bertz CT molecular complexity index is 733. The predicted octanol–water partition coefficient (Wildman–Crippen LogP) is 0.474. The molecule has 0 saturated carbocycles. The SMILES string of the molecule is Cc1nc(C(S)c2cc(=O)[nH]c(=O)[nH]2)sc1CC(=O)O. The van der Waals surface area contributed by atoms with Crippen LogP contribution in [-0.2, 0) is 11.2 Å². The smallest absolute Gasteiger partial charge is 0.325 e. The monoisotopic (exact) mass is 313 g/mol. The largest absolute Gasteiger partial charge is 0.481 e. The summed E-state index contributed by atoms with van der Waals surface area (Å²) >= 11 is 5.53. The number of carboxylic acids is 1. The van der Waals surface area contributed by atoms with Crippen molar-refractivity contribution in [1.29, 1.82) is 0 Å². The van der Waals surface area contributed by atoms with Crippen LogP contribution in [0.1, 0.15) is 26.5 Å². The Morgan fingerprint density at radius 1 is 1.50 bits per heavy atom. The number of hydrogen-bond acceptors (Lipinski definition) is 6. The highest BCUT2D eigenvalue weighted by Crippen LogP contribution is 2.31. The topological polar surface area (TPSA) is 116 Å². The number of carbonyl (C=O) groups is 1. The highest BCUT2D eigenvalue weighted by molar-refractivity contribution is 7.80. The number of aryl methyl sites for hydroxylation is 1. The van der Waals surface area contributed by atoms with Crippen LogP contribution in [0.3, 0.4) is 0 Å². The first kappa shape index (κ1) is 14.5. The van der Waals surface area contributed by atoms with Gasteiger partial charge in [0.25, 0.3) is 5.56 Å². The fourth-order valence-corrected chi connectivity index (χ4v) is 3.05. The molecule has 0 radical (unpaired) electrons. The van der Waals surface area contributed by atoms with Gasteiger partial charge in [0.2, 0.25) is 0 Å². The average molecular weight is 313 g/mol. The number of nitrogens with zero attached hydrogens (tertiary/aromatic N) is 1. The molecule has 1 unspecified atom stereocenters. The van der Waals surface area contributed by atoms with Crippen LogP contribution >= 0.6 is 24.0 Å². The number of aliphatic carboxylic acids is 1. The van der Waals surface area contributed by atoms with E-state index in [-0.39, 0.29) is 6.42 Å². The molecule has 0 aromatic carbocycles. The minimum absolute atomic E-state index is 0.115. The van der Waals surface area contributed by atoms with Crippen molar-refractivity contribution in [2.45, 2.75) is 18.6 Å². The molecule has 0 bridgehead atoms. The van der Waals surface area contributed by atoms with Crippen LogP contribution in [0, 0.1) is 6.92 Å². The maximum absolute atomic E-state index is 11.3. The summed E-state index contributed by atoms with van der Waals surface area (Å²) in [5, 5.41) is 8.74.